The minimum Gasteiger partial charge on any atom is -0.489 e. The third-order valence-electron chi connectivity index (χ3n) is 5.60. The van der Waals surface area contributed by atoms with Gasteiger partial charge in [-0.25, -0.2) is 0 Å². The number of benzene rings is 2. The van der Waals surface area contributed by atoms with E-state index in [-0.39, 0.29) is 0 Å². The van der Waals surface area contributed by atoms with Gasteiger partial charge in [0.05, 0.1) is 11.9 Å². The number of hydrogen-bond donors (Lipinski definition) is 0. The Morgan fingerprint density at radius 1 is 0.938 bits per heavy atom. The van der Waals surface area contributed by atoms with Gasteiger partial charge < -0.3 is 4.74 Å². The van der Waals surface area contributed by atoms with E-state index < -0.39 is 0 Å². The third-order valence-corrected chi connectivity index (χ3v) is 5.85. The van der Waals surface area contributed by atoms with Crippen LogP contribution in [0.25, 0.3) is 11.3 Å². The van der Waals surface area contributed by atoms with Crippen LogP contribution in [0.5, 0.6) is 5.75 Å². The van der Waals surface area contributed by atoms with E-state index >= 15 is 0 Å². The van der Waals surface area contributed by atoms with E-state index in [1.165, 1.54) is 11.1 Å². The molecular formula is C26H27ClN4O. The molecule has 0 spiro atoms. The largest absolute Gasteiger partial charge is 0.489 e. The molecule has 4 rings (SSSR count). The van der Waals surface area contributed by atoms with Crippen molar-refractivity contribution in [2.45, 2.75) is 46.3 Å². The van der Waals surface area contributed by atoms with Crippen LogP contribution >= 0.6 is 11.6 Å². The summed E-state index contributed by atoms with van der Waals surface area (Å²) in [6.07, 6.45) is 6.87. The highest BCUT2D eigenvalue weighted by Crippen LogP contribution is 2.23. The Morgan fingerprint density at radius 2 is 1.75 bits per heavy atom. The first kappa shape index (κ1) is 22.0. The molecule has 0 aliphatic rings. The van der Waals surface area contributed by atoms with Gasteiger partial charge >= 0.3 is 0 Å². The first-order valence-corrected chi connectivity index (χ1v) is 11.3. The van der Waals surface area contributed by atoms with Gasteiger partial charge in [-0.1, -0.05) is 41.1 Å². The van der Waals surface area contributed by atoms with E-state index in [2.05, 4.69) is 41.5 Å². The fourth-order valence-electron chi connectivity index (χ4n) is 3.66. The summed E-state index contributed by atoms with van der Waals surface area (Å²) in [5, 5.41) is 8.57. The Hall–Kier alpha value is -3.18. The van der Waals surface area contributed by atoms with Crippen LogP contribution in [0.15, 0.2) is 67.0 Å². The van der Waals surface area contributed by atoms with Gasteiger partial charge in [-0.15, -0.1) is 5.10 Å². The predicted octanol–water partition coefficient (Wildman–Crippen LogP) is 6.21. The molecule has 0 bridgehead atoms. The standard InChI is InChI=1S/C26H27ClN4O/c1-19-17-25(12-8-21(19)5-3-4-15-31-16-14-28-30-31)32-18-23-9-13-26(29-20(23)2)22-6-10-24(27)11-7-22/h6-14,16-17H,3-5,15,18H2,1-2H3. The Kier molecular flexibility index (Phi) is 7.17. The zero-order valence-electron chi connectivity index (χ0n) is 18.5. The molecule has 0 aliphatic carbocycles. The summed E-state index contributed by atoms with van der Waals surface area (Å²) in [6, 6.07) is 18.2. The molecule has 0 amide bonds. The highest BCUT2D eigenvalue weighted by atomic mass is 35.5. The maximum absolute atomic E-state index is 6.07. The van der Waals surface area contributed by atoms with E-state index in [0.717, 1.165) is 59.1 Å². The summed E-state index contributed by atoms with van der Waals surface area (Å²) in [7, 11) is 0. The minimum atomic E-state index is 0.496. The van der Waals surface area contributed by atoms with Crippen molar-refractivity contribution in [2.24, 2.45) is 0 Å². The van der Waals surface area contributed by atoms with Crippen molar-refractivity contribution in [2.75, 3.05) is 0 Å². The second kappa shape index (κ2) is 10.4. The summed E-state index contributed by atoms with van der Waals surface area (Å²) >= 11 is 5.98. The van der Waals surface area contributed by atoms with E-state index in [1.54, 1.807) is 6.20 Å². The van der Waals surface area contributed by atoms with Gasteiger partial charge in [-0.05, 0) is 74.6 Å². The number of nitrogens with zero attached hydrogens (tertiary/aromatic N) is 4. The van der Waals surface area contributed by atoms with Crippen LogP contribution in [0.2, 0.25) is 5.02 Å². The summed E-state index contributed by atoms with van der Waals surface area (Å²) in [5.41, 5.74) is 6.66. The third kappa shape index (κ3) is 5.74. The molecule has 0 unspecified atom stereocenters. The van der Waals surface area contributed by atoms with Crippen molar-refractivity contribution in [3.63, 3.8) is 0 Å². The predicted molar refractivity (Wildman–Crippen MR) is 128 cm³/mol. The van der Waals surface area contributed by atoms with Crippen LogP contribution in [0.3, 0.4) is 0 Å². The second-order valence-corrected chi connectivity index (χ2v) is 8.38. The Morgan fingerprint density at radius 3 is 2.47 bits per heavy atom. The van der Waals surface area contributed by atoms with E-state index in [9.17, 15) is 0 Å². The lowest BCUT2D eigenvalue weighted by atomic mass is 10.0. The van der Waals surface area contributed by atoms with Gasteiger partial charge in [0, 0.05) is 34.6 Å². The molecule has 5 nitrogen and oxygen atoms in total. The number of hydrogen-bond acceptors (Lipinski definition) is 4. The molecule has 0 saturated heterocycles. The maximum atomic E-state index is 6.07. The van der Waals surface area contributed by atoms with Gasteiger partial charge in [0.1, 0.15) is 12.4 Å². The topological polar surface area (TPSA) is 52.8 Å². The van der Waals surface area contributed by atoms with Crippen LogP contribution < -0.4 is 4.74 Å². The molecule has 0 aliphatic heterocycles. The average molecular weight is 447 g/mol. The highest BCUT2D eigenvalue weighted by molar-refractivity contribution is 6.30. The summed E-state index contributed by atoms with van der Waals surface area (Å²) in [6.45, 7) is 5.57. The monoisotopic (exact) mass is 446 g/mol. The van der Waals surface area contributed by atoms with E-state index in [4.69, 9.17) is 21.3 Å². The molecule has 0 atom stereocenters. The molecule has 0 radical (unpaired) electrons. The molecule has 0 fully saturated rings. The van der Waals surface area contributed by atoms with Gasteiger partial charge in [0.2, 0.25) is 0 Å². The van der Waals surface area contributed by atoms with E-state index in [1.807, 2.05) is 48.1 Å². The molecular weight excluding hydrogens is 420 g/mol. The lowest BCUT2D eigenvalue weighted by molar-refractivity contribution is 0.304. The summed E-state index contributed by atoms with van der Waals surface area (Å²) in [5.74, 6) is 0.884. The van der Waals surface area contributed by atoms with Crippen molar-refractivity contribution in [3.8, 4) is 17.0 Å². The smallest absolute Gasteiger partial charge is 0.120 e. The fraction of sp³-hybridized carbons (Fsp3) is 0.269. The number of halogens is 1. The zero-order chi connectivity index (χ0) is 22.3. The first-order chi connectivity index (χ1) is 15.6. The zero-order valence-corrected chi connectivity index (χ0v) is 19.2. The Labute approximate surface area is 194 Å². The molecule has 32 heavy (non-hydrogen) atoms. The molecule has 2 aromatic heterocycles. The van der Waals surface area contributed by atoms with Crippen LogP contribution in [-0.4, -0.2) is 20.0 Å². The number of ether oxygens (including phenoxy) is 1. The SMILES string of the molecule is Cc1cc(OCc2ccc(-c3ccc(Cl)cc3)nc2C)ccc1CCCCn1ccnn1. The molecule has 6 heteroatoms. The molecule has 164 valence electrons. The van der Waals surface area contributed by atoms with Crippen LogP contribution in [0.1, 0.15) is 35.2 Å². The number of aromatic nitrogens is 4. The van der Waals surface area contributed by atoms with Crippen molar-refractivity contribution < 1.29 is 4.74 Å². The van der Waals surface area contributed by atoms with Crippen LogP contribution in [-0.2, 0) is 19.6 Å². The molecule has 4 aromatic rings. The lowest BCUT2D eigenvalue weighted by Crippen LogP contribution is -2.02. The average Bonchev–Trinajstić information content (AvgIpc) is 3.31. The summed E-state index contributed by atoms with van der Waals surface area (Å²) in [4.78, 5) is 4.74. The Bertz CT molecular complexity index is 1160. The molecule has 0 saturated carbocycles. The molecule has 0 N–H and O–H groups in total. The number of rotatable bonds is 9. The first-order valence-electron chi connectivity index (χ1n) is 10.9. The number of aryl methyl sites for hydroxylation is 4. The molecule has 2 heterocycles. The highest BCUT2D eigenvalue weighted by Gasteiger charge is 2.07. The lowest BCUT2D eigenvalue weighted by Gasteiger charge is -2.12. The van der Waals surface area contributed by atoms with Crippen molar-refractivity contribution in [1.29, 1.82) is 0 Å². The van der Waals surface area contributed by atoms with Crippen molar-refractivity contribution in [1.82, 2.24) is 20.0 Å². The van der Waals surface area contributed by atoms with Crippen LogP contribution in [0.4, 0.5) is 0 Å². The normalized spacial score (nSPS) is 11.0. The van der Waals surface area contributed by atoms with Gasteiger partial charge in [0.25, 0.3) is 0 Å². The second-order valence-electron chi connectivity index (χ2n) is 7.95. The van der Waals surface area contributed by atoms with E-state index in [0.29, 0.717) is 6.61 Å². The van der Waals surface area contributed by atoms with Crippen LogP contribution in [0, 0.1) is 13.8 Å². The molecule has 2 aromatic carbocycles. The van der Waals surface area contributed by atoms with Gasteiger partial charge in [0.15, 0.2) is 0 Å². The quantitative estimate of drug-likeness (QED) is 0.287. The maximum Gasteiger partial charge on any atom is 0.120 e. The summed E-state index contributed by atoms with van der Waals surface area (Å²) < 4.78 is 7.95. The van der Waals surface area contributed by atoms with Crippen molar-refractivity contribution in [3.05, 3.63) is 94.4 Å². The van der Waals surface area contributed by atoms with Gasteiger partial charge in [-0.3, -0.25) is 9.67 Å². The van der Waals surface area contributed by atoms with Crippen molar-refractivity contribution >= 4 is 11.6 Å². The number of unbranched alkanes of at least 4 members (excludes halogenated alkanes) is 1. The minimum absolute atomic E-state index is 0.496. The number of pyridine rings is 1. The van der Waals surface area contributed by atoms with Gasteiger partial charge in [-0.2, -0.15) is 0 Å². The Balaban J connectivity index is 1.31. The fourth-order valence-corrected chi connectivity index (χ4v) is 3.79.